The number of rotatable bonds is 2. The van der Waals surface area contributed by atoms with Crippen molar-refractivity contribution in [2.45, 2.75) is 35.8 Å². The third-order valence-electron chi connectivity index (χ3n) is 2.87. The molecule has 1 saturated carbocycles. The Morgan fingerprint density at radius 2 is 1.87 bits per heavy atom. The minimum absolute atomic E-state index is 0.143. The van der Waals surface area contributed by atoms with Crippen molar-refractivity contribution in [3.8, 4) is 0 Å². The molecule has 1 aromatic carbocycles. The molecule has 0 saturated heterocycles. The number of benzene rings is 1. The molecular formula is C11H13IO2S. The standard InChI is InChI=1S/C11H13IO2S/c12-9-4-3-7-11(8-9)15(13,14)10-5-1-2-6-10/h3-4,7-8,10H,1-2,5-6H2. The Morgan fingerprint density at radius 3 is 2.47 bits per heavy atom. The fourth-order valence-corrected chi connectivity index (χ4v) is 4.69. The predicted molar refractivity (Wildman–Crippen MR) is 68.6 cm³/mol. The maximum absolute atomic E-state index is 12.2. The topological polar surface area (TPSA) is 34.1 Å². The van der Waals surface area contributed by atoms with Gasteiger partial charge in [-0.1, -0.05) is 18.9 Å². The van der Waals surface area contributed by atoms with Gasteiger partial charge in [-0.2, -0.15) is 0 Å². The molecule has 4 heteroatoms. The summed E-state index contributed by atoms with van der Waals surface area (Å²) in [5.74, 6) is 0. The zero-order chi connectivity index (χ0) is 10.9. The van der Waals surface area contributed by atoms with Crippen molar-refractivity contribution in [1.82, 2.24) is 0 Å². The van der Waals surface area contributed by atoms with E-state index >= 15 is 0 Å². The van der Waals surface area contributed by atoms with Crippen LogP contribution in [0.15, 0.2) is 29.2 Å². The zero-order valence-electron chi connectivity index (χ0n) is 8.32. The van der Waals surface area contributed by atoms with Crippen molar-refractivity contribution in [2.24, 2.45) is 0 Å². The smallest absolute Gasteiger partial charge is 0.181 e. The highest BCUT2D eigenvalue weighted by molar-refractivity contribution is 14.1. The zero-order valence-corrected chi connectivity index (χ0v) is 11.3. The summed E-state index contributed by atoms with van der Waals surface area (Å²) in [6.07, 6.45) is 3.75. The van der Waals surface area contributed by atoms with Gasteiger partial charge in [-0.15, -0.1) is 0 Å². The first-order valence-electron chi connectivity index (χ1n) is 5.10. The Bertz CT molecular complexity index is 447. The van der Waals surface area contributed by atoms with Gasteiger partial charge >= 0.3 is 0 Å². The molecule has 1 aliphatic rings. The van der Waals surface area contributed by atoms with E-state index in [1.165, 1.54) is 0 Å². The Morgan fingerprint density at radius 1 is 1.20 bits per heavy atom. The van der Waals surface area contributed by atoms with Gasteiger partial charge in [0.2, 0.25) is 0 Å². The lowest BCUT2D eigenvalue weighted by molar-refractivity contribution is 0.579. The summed E-state index contributed by atoms with van der Waals surface area (Å²) < 4.78 is 25.3. The summed E-state index contributed by atoms with van der Waals surface area (Å²) >= 11 is 2.14. The number of halogens is 1. The van der Waals surface area contributed by atoms with Crippen LogP contribution < -0.4 is 0 Å². The van der Waals surface area contributed by atoms with Gasteiger partial charge in [0.15, 0.2) is 9.84 Å². The van der Waals surface area contributed by atoms with E-state index in [0.717, 1.165) is 29.3 Å². The van der Waals surface area contributed by atoms with Crippen LogP contribution in [0.1, 0.15) is 25.7 Å². The van der Waals surface area contributed by atoms with Gasteiger partial charge in [-0.25, -0.2) is 8.42 Å². The normalized spacial score (nSPS) is 18.2. The average Bonchev–Trinajstić information content (AvgIpc) is 2.71. The summed E-state index contributed by atoms with van der Waals surface area (Å²) in [5, 5.41) is -0.143. The molecule has 0 radical (unpaired) electrons. The van der Waals surface area contributed by atoms with Gasteiger partial charge in [0.05, 0.1) is 10.1 Å². The molecule has 0 aliphatic heterocycles. The summed E-state index contributed by atoms with van der Waals surface area (Å²) in [7, 11) is -3.07. The minimum atomic E-state index is -3.07. The van der Waals surface area contributed by atoms with Gasteiger partial charge < -0.3 is 0 Å². The van der Waals surface area contributed by atoms with E-state index in [9.17, 15) is 8.42 Å². The molecule has 82 valence electrons. The summed E-state index contributed by atoms with van der Waals surface area (Å²) in [5.41, 5.74) is 0. The average molecular weight is 336 g/mol. The van der Waals surface area contributed by atoms with Crippen molar-refractivity contribution >= 4 is 32.4 Å². The fraction of sp³-hybridized carbons (Fsp3) is 0.455. The van der Waals surface area contributed by atoms with Gasteiger partial charge in [0.1, 0.15) is 0 Å². The van der Waals surface area contributed by atoms with Crippen molar-refractivity contribution in [3.05, 3.63) is 27.8 Å². The molecule has 2 rings (SSSR count). The monoisotopic (exact) mass is 336 g/mol. The lowest BCUT2D eigenvalue weighted by atomic mass is 10.4. The first-order chi connectivity index (χ1) is 7.10. The maximum Gasteiger partial charge on any atom is 0.181 e. The summed E-state index contributed by atoms with van der Waals surface area (Å²) in [6.45, 7) is 0. The molecule has 1 aliphatic carbocycles. The third-order valence-corrected chi connectivity index (χ3v) is 5.80. The summed E-state index contributed by atoms with van der Waals surface area (Å²) in [6, 6.07) is 7.18. The molecule has 0 heterocycles. The minimum Gasteiger partial charge on any atom is -0.223 e. The highest BCUT2D eigenvalue weighted by atomic mass is 127. The molecule has 0 atom stereocenters. The summed E-state index contributed by atoms with van der Waals surface area (Å²) in [4.78, 5) is 0.487. The molecule has 0 unspecified atom stereocenters. The number of sulfone groups is 1. The molecule has 0 aromatic heterocycles. The van der Waals surface area contributed by atoms with Crippen LogP contribution in [0.3, 0.4) is 0 Å². The molecule has 0 N–H and O–H groups in total. The Kier molecular flexibility index (Phi) is 3.35. The largest absolute Gasteiger partial charge is 0.223 e. The first-order valence-corrected chi connectivity index (χ1v) is 7.73. The van der Waals surface area contributed by atoms with E-state index in [2.05, 4.69) is 22.6 Å². The van der Waals surface area contributed by atoms with Gasteiger partial charge in [-0.05, 0) is 53.6 Å². The van der Waals surface area contributed by atoms with E-state index in [1.54, 1.807) is 12.1 Å². The van der Waals surface area contributed by atoms with Crippen LogP contribution in [0.5, 0.6) is 0 Å². The van der Waals surface area contributed by atoms with Gasteiger partial charge in [0.25, 0.3) is 0 Å². The van der Waals surface area contributed by atoms with Gasteiger partial charge in [0, 0.05) is 3.57 Å². The van der Waals surface area contributed by atoms with Crippen LogP contribution in [0.4, 0.5) is 0 Å². The Hall–Kier alpha value is -0.100. The van der Waals surface area contributed by atoms with Crippen LogP contribution in [-0.2, 0) is 9.84 Å². The second kappa shape index (κ2) is 4.41. The lowest BCUT2D eigenvalue weighted by Gasteiger charge is -2.10. The second-order valence-electron chi connectivity index (χ2n) is 3.91. The van der Waals surface area contributed by atoms with Crippen LogP contribution in [0.25, 0.3) is 0 Å². The molecule has 0 amide bonds. The van der Waals surface area contributed by atoms with Crippen molar-refractivity contribution in [2.75, 3.05) is 0 Å². The van der Waals surface area contributed by atoms with E-state index in [1.807, 2.05) is 12.1 Å². The lowest BCUT2D eigenvalue weighted by Crippen LogP contribution is -2.17. The molecule has 2 nitrogen and oxygen atoms in total. The molecule has 1 aromatic rings. The number of hydrogen-bond acceptors (Lipinski definition) is 2. The fourth-order valence-electron chi connectivity index (χ4n) is 2.04. The molecule has 1 fully saturated rings. The Labute approximate surface area is 104 Å². The van der Waals surface area contributed by atoms with Crippen molar-refractivity contribution < 1.29 is 8.42 Å². The van der Waals surface area contributed by atoms with E-state index < -0.39 is 9.84 Å². The second-order valence-corrected chi connectivity index (χ2v) is 7.38. The third kappa shape index (κ3) is 2.36. The van der Waals surface area contributed by atoms with E-state index in [-0.39, 0.29) is 5.25 Å². The molecular weight excluding hydrogens is 323 g/mol. The molecule has 0 spiro atoms. The number of hydrogen-bond donors (Lipinski definition) is 0. The molecule has 0 bridgehead atoms. The van der Waals surface area contributed by atoms with Crippen molar-refractivity contribution in [3.63, 3.8) is 0 Å². The maximum atomic E-state index is 12.2. The van der Waals surface area contributed by atoms with Gasteiger partial charge in [-0.3, -0.25) is 0 Å². The quantitative estimate of drug-likeness (QED) is 0.778. The highest BCUT2D eigenvalue weighted by Gasteiger charge is 2.30. The van der Waals surface area contributed by atoms with E-state index in [0.29, 0.717) is 4.90 Å². The SMILES string of the molecule is O=S(=O)(c1cccc(I)c1)C1CCCC1. The van der Waals surface area contributed by atoms with Crippen LogP contribution in [0, 0.1) is 3.57 Å². The van der Waals surface area contributed by atoms with Crippen LogP contribution in [0.2, 0.25) is 0 Å². The molecule has 15 heavy (non-hydrogen) atoms. The first kappa shape index (κ1) is 11.4. The van der Waals surface area contributed by atoms with Crippen LogP contribution >= 0.6 is 22.6 Å². The van der Waals surface area contributed by atoms with Crippen molar-refractivity contribution in [1.29, 1.82) is 0 Å². The van der Waals surface area contributed by atoms with E-state index in [4.69, 9.17) is 0 Å². The van der Waals surface area contributed by atoms with Crippen LogP contribution in [-0.4, -0.2) is 13.7 Å². The predicted octanol–water partition coefficient (Wildman–Crippen LogP) is 3.01. The Balaban J connectivity index is 2.36. The highest BCUT2D eigenvalue weighted by Crippen LogP contribution is 2.29.